The molecule has 0 saturated heterocycles. The number of aryl methyl sites for hydroxylation is 1. The van der Waals surface area contributed by atoms with Gasteiger partial charge >= 0.3 is 11.8 Å². The smallest absolute Gasteiger partial charge is 0.329 e. The second-order valence-corrected chi connectivity index (χ2v) is 7.11. The zero-order chi connectivity index (χ0) is 22.1. The second-order valence-electron chi connectivity index (χ2n) is 6.70. The summed E-state index contributed by atoms with van der Waals surface area (Å²) in [6.45, 7) is 5.17. The number of anilines is 1. The van der Waals surface area contributed by atoms with Gasteiger partial charge in [-0.2, -0.15) is 5.10 Å². The molecular formula is C21H23ClN4O4. The summed E-state index contributed by atoms with van der Waals surface area (Å²) in [5.74, 6) is -1.52. The molecule has 3 amide bonds. The Morgan fingerprint density at radius 3 is 2.60 bits per heavy atom. The van der Waals surface area contributed by atoms with Gasteiger partial charge in [-0.3, -0.25) is 14.4 Å². The van der Waals surface area contributed by atoms with Crippen molar-refractivity contribution in [1.29, 1.82) is 0 Å². The molecule has 0 heterocycles. The van der Waals surface area contributed by atoms with E-state index in [1.807, 2.05) is 13.0 Å². The number of benzene rings is 2. The van der Waals surface area contributed by atoms with Gasteiger partial charge in [-0.05, 0) is 56.2 Å². The summed E-state index contributed by atoms with van der Waals surface area (Å²) >= 11 is 6.04. The molecule has 0 bridgehead atoms. The van der Waals surface area contributed by atoms with Crippen molar-refractivity contribution in [3.05, 3.63) is 58.6 Å². The molecule has 0 aromatic heterocycles. The van der Waals surface area contributed by atoms with Crippen LogP contribution in [0, 0.1) is 6.92 Å². The quantitative estimate of drug-likeness (QED) is 0.356. The first kappa shape index (κ1) is 22.9. The van der Waals surface area contributed by atoms with E-state index in [0.29, 0.717) is 22.0 Å². The van der Waals surface area contributed by atoms with E-state index in [1.54, 1.807) is 50.2 Å². The second kappa shape index (κ2) is 11.0. The van der Waals surface area contributed by atoms with Crippen LogP contribution < -0.4 is 20.8 Å². The number of ether oxygens (including phenoxy) is 1. The largest absolute Gasteiger partial charge is 0.484 e. The predicted octanol–water partition coefficient (Wildman–Crippen LogP) is 2.64. The normalized spacial score (nSPS) is 10.7. The summed E-state index contributed by atoms with van der Waals surface area (Å²) < 4.78 is 5.49. The average molecular weight is 431 g/mol. The SMILES string of the molecule is Cc1ccc(NC(=O)COc2cccc(/C=N\NC(=O)C(=O)NC(C)C)c2)cc1Cl. The molecule has 2 aromatic carbocycles. The molecule has 158 valence electrons. The fourth-order valence-corrected chi connectivity index (χ4v) is 2.43. The van der Waals surface area contributed by atoms with Gasteiger partial charge in [-0.15, -0.1) is 0 Å². The minimum Gasteiger partial charge on any atom is -0.484 e. The number of nitrogens with zero attached hydrogens (tertiary/aromatic N) is 1. The van der Waals surface area contributed by atoms with E-state index in [9.17, 15) is 14.4 Å². The van der Waals surface area contributed by atoms with Gasteiger partial charge in [0.05, 0.1) is 6.21 Å². The van der Waals surface area contributed by atoms with Crippen LogP contribution in [0.5, 0.6) is 5.75 Å². The van der Waals surface area contributed by atoms with Gasteiger partial charge in [0.25, 0.3) is 5.91 Å². The molecule has 9 heteroatoms. The Kier molecular flexibility index (Phi) is 8.37. The van der Waals surface area contributed by atoms with E-state index >= 15 is 0 Å². The lowest BCUT2D eigenvalue weighted by molar-refractivity contribution is -0.139. The zero-order valence-electron chi connectivity index (χ0n) is 16.9. The van der Waals surface area contributed by atoms with Crippen LogP contribution in [0.2, 0.25) is 5.02 Å². The van der Waals surface area contributed by atoms with Crippen LogP contribution in [-0.2, 0) is 14.4 Å². The molecule has 2 rings (SSSR count). The van der Waals surface area contributed by atoms with Crippen LogP contribution in [-0.4, -0.2) is 36.6 Å². The summed E-state index contributed by atoms with van der Waals surface area (Å²) in [5.41, 5.74) is 4.26. The third-order valence-electron chi connectivity index (χ3n) is 3.69. The molecule has 30 heavy (non-hydrogen) atoms. The van der Waals surface area contributed by atoms with Crippen LogP contribution >= 0.6 is 11.6 Å². The van der Waals surface area contributed by atoms with Crippen molar-refractivity contribution < 1.29 is 19.1 Å². The summed E-state index contributed by atoms with van der Waals surface area (Å²) in [7, 11) is 0. The maximum absolute atomic E-state index is 12.1. The van der Waals surface area contributed by atoms with E-state index < -0.39 is 11.8 Å². The number of carbonyl (C=O) groups excluding carboxylic acids is 3. The van der Waals surface area contributed by atoms with Crippen LogP contribution in [0.3, 0.4) is 0 Å². The standard InChI is InChI=1S/C21H23ClN4O4/c1-13(2)24-20(28)21(29)26-23-11-15-5-4-6-17(9-15)30-12-19(27)25-16-8-7-14(3)18(22)10-16/h4-11,13H,12H2,1-3H3,(H,24,28)(H,25,27)(H,26,29)/b23-11-. The minimum atomic E-state index is -0.861. The number of hydrogen-bond donors (Lipinski definition) is 3. The van der Waals surface area contributed by atoms with E-state index in [1.165, 1.54) is 6.21 Å². The molecule has 0 unspecified atom stereocenters. The van der Waals surface area contributed by atoms with Crippen molar-refractivity contribution in [2.24, 2.45) is 5.10 Å². The van der Waals surface area contributed by atoms with Gasteiger partial charge in [0.15, 0.2) is 6.61 Å². The van der Waals surface area contributed by atoms with E-state index in [0.717, 1.165) is 5.56 Å². The Bertz CT molecular complexity index is 960. The fourth-order valence-electron chi connectivity index (χ4n) is 2.25. The van der Waals surface area contributed by atoms with Crippen molar-refractivity contribution in [1.82, 2.24) is 10.7 Å². The molecule has 0 fully saturated rings. The van der Waals surface area contributed by atoms with Gasteiger partial charge in [-0.25, -0.2) is 5.43 Å². The molecule has 0 aliphatic carbocycles. The number of hydrogen-bond acceptors (Lipinski definition) is 5. The van der Waals surface area contributed by atoms with Crippen LogP contribution in [0.25, 0.3) is 0 Å². The van der Waals surface area contributed by atoms with Crippen LogP contribution in [0.4, 0.5) is 5.69 Å². The topological polar surface area (TPSA) is 109 Å². The molecule has 8 nitrogen and oxygen atoms in total. The number of halogens is 1. The maximum atomic E-state index is 12.1. The van der Waals surface area contributed by atoms with Gasteiger partial charge in [0.2, 0.25) is 0 Å². The van der Waals surface area contributed by atoms with Crippen molar-refractivity contribution in [3.63, 3.8) is 0 Å². The summed E-state index contributed by atoms with van der Waals surface area (Å²) in [6, 6.07) is 11.8. The Morgan fingerprint density at radius 1 is 1.13 bits per heavy atom. The van der Waals surface area contributed by atoms with Gasteiger partial charge < -0.3 is 15.4 Å². The number of rotatable bonds is 7. The van der Waals surface area contributed by atoms with Crippen molar-refractivity contribution in [2.75, 3.05) is 11.9 Å². The molecule has 0 spiro atoms. The van der Waals surface area contributed by atoms with E-state index in [4.69, 9.17) is 16.3 Å². The van der Waals surface area contributed by atoms with Gasteiger partial charge in [0, 0.05) is 16.8 Å². The van der Waals surface area contributed by atoms with Crippen molar-refractivity contribution in [2.45, 2.75) is 26.8 Å². The third-order valence-corrected chi connectivity index (χ3v) is 4.10. The van der Waals surface area contributed by atoms with Gasteiger partial charge in [0.1, 0.15) is 5.75 Å². The van der Waals surface area contributed by atoms with Gasteiger partial charge in [-0.1, -0.05) is 29.8 Å². The first-order valence-corrected chi connectivity index (χ1v) is 9.55. The number of carbonyl (C=O) groups is 3. The summed E-state index contributed by atoms with van der Waals surface area (Å²) in [6.07, 6.45) is 1.36. The van der Waals surface area contributed by atoms with Crippen LogP contribution in [0.1, 0.15) is 25.0 Å². The number of amides is 3. The molecule has 2 aromatic rings. The predicted molar refractivity (Wildman–Crippen MR) is 116 cm³/mol. The minimum absolute atomic E-state index is 0.152. The summed E-state index contributed by atoms with van der Waals surface area (Å²) in [5, 5.41) is 9.48. The van der Waals surface area contributed by atoms with Crippen molar-refractivity contribution in [3.8, 4) is 5.75 Å². The molecule has 0 saturated carbocycles. The molecule has 0 radical (unpaired) electrons. The Hall–Kier alpha value is -3.39. The molecule has 0 atom stereocenters. The monoisotopic (exact) mass is 430 g/mol. The molecular weight excluding hydrogens is 408 g/mol. The Labute approximate surface area is 179 Å². The maximum Gasteiger partial charge on any atom is 0.329 e. The first-order valence-electron chi connectivity index (χ1n) is 9.17. The first-order chi connectivity index (χ1) is 14.2. The fraction of sp³-hybridized carbons (Fsp3) is 0.238. The molecule has 0 aliphatic heterocycles. The highest BCUT2D eigenvalue weighted by atomic mass is 35.5. The number of hydrazone groups is 1. The van der Waals surface area contributed by atoms with Crippen LogP contribution in [0.15, 0.2) is 47.6 Å². The average Bonchev–Trinajstić information content (AvgIpc) is 2.69. The Morgan fingerprint density at radius 2 is 1.90 bits per heavy atom. The van der Waals surface area contributed by atoms with E-state index in [2.05, 4.69) is 21.2 Å². The highest BCUT2D eigenvalue weighted by Gasteiger charge is 2.13. The third kappa shape index (κ3) is 7.56. The highest BCUT2D eigenvalue weighted by Crippen LogP contribution is 2.20. The molecule has 0 aliphatic rings. The van der Waals surface area contributed by atoms with E-state index in [-0.39, 0.29) is 18.6 Å². The highest BCUT2D eigenvalue weighted by molar-refractivity contribution is 6.35. The summed E-state index contributed by atoms with van der Waals surface area (Å²) in [4.78, 5) is 35.2. The zero-order valence-corrected chi connectivity index (χ0v) is 17.6. The number of nitrogens with one attached hydrogen (secondary N) is 3. The Balaban J connectivity index is 1.86. The lowest BCUT2D eigenvalue weighted by Crippen LogP contribution is -2.41. The van der Waals surface area contributed by atoms with Crippen molar-refractivity contribution >= 4 is 41.2 Å². The lowest BCUT2D eigenvalue weighted by Gasteiger charge is -2.09. The lowest BCUT2D eigenvalue weighted by atomic mass is 10.2. The molecule has 3 N–H and O–H groups in total.